The summed E-state index contributed by atoms with van der Waals surface area (Å²) in [4.78, 5) is 5.08. The van der Waals surface area contributed by atoms with Gasteiger partial charge >= 0.3 is 0 Å². The fourth-order valence-electron chi connectivity index (χ4n) is 3.79. The van der Waals surface area contributed by atoms with E-state index in [9.17, 15) is 0 Å². The van der Waals surface area contributed by atoms with Crippen molar-refractivity contribution in [1.82, 2.24) is 14.9 Å². The molecule has 2 aliphatic rings. The summed E-state index contributed by atoms with van der Waals surface area (Å²) in [6.07, 6.45) is 4.86. The molecular formula is C16H20Br2ClN3. The van der Waals surface area contributed by atoms with Gasteiger partial charge in [0.05, 0.1) is 11.0 Å². The highest BCUT2D eigenvalue weighted by atomic mass is 79.9. The van der Waals surface area contributed by atoms with E-state index in [-0.39, 0.29) is 12.4 Å². The molecule has 1 atom stereocenters. The van der Waals surface area contributed by atoms with Crippen LogP contribution in [-0.4, -0.2) is 22.6 Å². The number of nitrogens with one attached hydrogen (secondary N) is 1. The van der Waals surface area contributed by atoms with Gasteiger partial charge in [0.2, 0.25) is 0 Å². The average molecular weight is 450 g/mol. The van der Waals surface area contributed by atoms with Crippen LogP contribution in [0.15, 0.2) is 8.95 Å². The van der Waals surface area contributed by atoms with Crippen molar-refractivity contribution in [2.24, 2.45) is 0 Å². The standard InChI is InChI=1S/C16H19Br2N3.ClH/c1-9-12(17)13(18)11-5-3-7-21-15(11)14(9)20-16(21)10-4-2-6-19-8-10;/h10,19H,2-8H2,1H3;1H. The molecule has 2 aromatic rings. The lowest BCUT2D eigenvalue weighted by Gasteiger charge is -2.25. The van der Waals surface area contributed by atoms with Crippen molar-refractivity contribution in [2.45, 2.75) is 45.1 Å². The minimum Gasteiger partial charge on any atom is -0.327 e. The van der Waals surface area contributed by atoms with Gasteiger partial charge in [0.15, 0.2) is 0 Å². The molecule has 3 heterocycles. The summed E-state index contributed by atoms with van der Waals surface area (Å²) in [5.74, 6) is 1.86. The summed E-state index contributed by atoms with van der Waals surface area (Å²) in [5.41, 5.74) is 5.25. The van der Waals surface area contributed by atoms with Crippen LogP contribution >= 0.6 is 44.3 Å². The second-order valence-electron chi connectivity index (χ2n) is 6.20. The van der Waals surface area contributed by atoms with Crippen molar-refractivity contribution in [1.29, 1.82) is 0 Å². The summed E-state index contributed by atoms with van der Waals surface area (Å²) in [6, 6.07) is 0. The van der Waals surface area contributed by atoms with Gasteiger partial charge in [-0.1, -0.05) is 0 Å². The largest absolute Gasteiger partial charge is 0.327 e. The van der Waals surface area contributed by atoms with Crippen molar-refractivity contribution >= 4 is 55.3 Å². The third kappa shape index (κ3) is 2.45. The minimum atomic E-state index is 0. The van der Waals surface area contributed by atoms with Crippen LogP contribution in [0.4, 0.5) is 0 Å². The van der Waals surface area contributed by atoms with Crippen LogP contribution in [-0.2, 0) is 13.0 Å². The van der Waals surface area contributed by atoms with Gasteiger partial charge in [-0.15, -0.1) is 12.4 Å². The number of rotatable bonds is 1. The first-order chi connectivity index (χ1) is 10.2. The fraction of sp³-hybridized carbons (Fsp3) is 0.562. The van der Waals surface area contributed by atoms with E-state index < -0.39 is 0 Å². The lowest BCUT2D eigenvalue weighted by Crippen LogP contribution is -2.30. The normalized spacial score (nSPS) is 21.0. The van der Waals surface area contributed by atoms with E-state index in [4.69, 9.17) is 4.98 Å². The third-order valence-electron chi connectivity index (χ3n) is 4.90. The van der Waals surface area contributed by atoms with Crippen molar-refractivity contribution < 1.29 is 0 Å². The fourth-order valence-corrected chi connectivity index (χ4v) is 4.91. The molecule has 1 saturated heterocycles. The highest BCUT2D eigenvalue weighted by Crippen LogP contribution is 2.41. The number of imidazole rings is 1. The SMILES string of the molecule is Cc1c(Br)c(Br)c2c3c1nc(C1CCCNC1)n3CCC2.Cl. The van der Waals surface area contributed by atoms with E-state index in [1.165, 1.54) is 56.2 Å². The zero-order valence-electron chi connectivity index (χ0n) is 12.6. The molecule has 3 nitrogen and oxygen atoms in total. The van der Waals surface area contributed by atoms with Gasteiger partial charge in [-0.05, 0) is 82.1 Å². The van der Waals surface area contributed by atoms with Crippen LogP contribution in [0.2, 0.25) is 0 Å². The molecule has 1 N–H and O–H groups in total. The molecule has 1 aromatic heterocycles. The zero-order chi connectivity index (χ0) is 14.6. The summed E-state index contributed by atoms with van der Waals surface area (Å²) >= 11 is 7.52. The van der Waals surface area contributed by atoms with Gasteiger partial charge in [-0.25, -0.2) is 4.98 Å². The number of nitrogens with zero attached hydrogens (tertiary/aromatic N) is 2. The van der Waals surface area contributed by atoms with Crippen molar-refractivity contribution in [3.63, 3.8) is 0 Å². The number of halogens is 3. The Bertz CT molecular complexity index is 720. The average Bonchev–Trinajstić information content (AvgIpc) is 2.92. The van der Waals surface area contributed by atoms with Crippen LogP contribution < -0.4 is 5.32 Å². The lowest BCUT2D eigenvalue weighted by atomic mass is 9.98. The molecule has 0 amide bonds. The highest BCUT2D eigenvalue weighted by molar-refractivity contribution is 9.13. The Kier molecular flexibility index (Phi) is 4.89. The Morgan fingerprint density at radius 3 is 2.77 bits per heavy atom. The summed E-state index contributed by atoms with van der Waals surface area (Å²) in [7, 11) is 0. The predicted molar refractivity (Wildman–Crippen MR) is 100 cm³/mol. The summed E-state index contributed by atoms with van der Waals surface area (Å²) in [6.45, 7) is 5.50. The number of hydrogen-bond donors (Lipinski definition) is 1. The minimum absolute atomic E-state index is 0. The first kappa shape index (κ1) is 16.7. The van der Waals surface area contributed by atoms with E-state index >= 15 is 0 Å². The van der Waals surface area contributed by atoms with Gasteiger partial charge in [-0.3, -0.25) is 0 Å². The van der Waals surface area contributed by atoms with Gasteiger partial charge < -0.3 is 9.88 Å². The molecule has 2 aliphatic heterocycles. The van der Waals surface area contributed by atoms with Crippen molar-refractivity contribution in [2.75, 3.05) is 13.1 Å². The quantitative estimate of drug-likeness (QED) is 0.684. The monoisotopic (exact) mass is 447 g/mol. The van der Waals surface area contributed by atoms with E-state index in [1.807, 2.05) is 0 Å². The first-order valence-corrected chi connectivity index (χ1v) is 9.34. The van der Waals surface area contributed by atoms with Crippen LogP contribution in [0.25, 0.3) is 11.0 Å². The maximum Gasteiger partial charge on any atom is 0.114 e. The predicted octanol–water partition coefficient (Wildman–Crippen LogP) is 4.70. The van der Waals surface area contributed by atoms with Crippen LogP contribution in [0, 0.1) is 6.92 Å². The number of aromatic nitrogens is 2. The van der Waals surface area contributed by atoms with Gasteiger partial charge in [-0.2, -0.15) is 0 Å². The van der Waals surface area contributed by atoms with Crippen molar-refractivity contribution in [3.05, 3.63) is 25.9 Å². The van der Waals surface area contributed by atoms with E-state index in [2.05, 4.69) is 48.7 Å². The van der Waals surface area contributed by atoms with E-state index in [0.29, 0.717) is 5.92 Å². The molecule has 0 spiro atoms. The molecule has 4 rings (SSSR count). The molecule has 0 bridgehead atoms. The van der Waals surface area contributed by atoms with Gasteiger partial charge in [0, 0.05) is 28.0 Å². The molecule has 6 heteroatoms. The molecule has 0 aliphatic carbocycles. The molecule has 120 valence electrons. The molecular weight excluding hydrogens is 429 g/mol. The second kappa shape index (κ2) is 6.42. The summed E-state index contributed by atoms with van der Waals surface area (Å²) < 4.78 is 4.89. The first-order valence-electron chi connectivity index (χ1n) is 7.75. The Morgan fingerprint density at radius 1 is 1.23 bits per heavy atom. The Balaban J connectivity index is 0.00000144. The Morgan fingerprint density at radius 2 is 2.05 bits per heavy atom. The number of benzene rings is 1. The van der Waals surface area contributed by atoms with Gasteiger partial charge in [0.1, 0.15) is 5.82 Å². The van der Waals surface area contributed by atoms with E-state index in [1.54, 1.807) is 0 Å². The van der Waals surface area contributed by atoms with Crippen LogP contribution in [0.3, 0.4) is 0 Å². The second-order valence-corrected chi connectivity index (χ2v) is 7.78. The van der Waals surface area contributed by atoms with Gasteiger partial charge in [0.25, 0.3) is 0 Å². The number of aryl methyl sites for hydroxylation is 3. The molecule has 1 aromatic carbocycles. The molecule has 1 unspecified atom stereocenters. The number of piperidine rings is 1. The van der Waals surface area contributed by atoms with E-state index in [0.717, 1.165) is 26.1 Å². The Hall–Kier alpha value is -0.100. The maximum atomic E-state index is 5.08. The summed E-state index contributed by atoms with van der Waals surface area (Å²) in [5, 5.41) is 3.53. The lowest BCUT2D eigenvalue weighted by molar-refractivity contribution is 0.430. The van der Waals surface area contributed by atoms with Crippen molar-refractivity contribution in [3.8, 4) is 0 Å². The zero-order valence-corrected chi connectivity index (χ0v) is 16.6. The molecule has 0 radical (unpaired) electrons. The third-order valence-corrected chi connectivity index (χ3v) is 7.29. The number of hydrogen-bond acceptors (Lipinski definition) is 2. The van der Waals surface area contributed by atoms with Crippen LogP contribution in [0.5, 0.6) is 0 Å². The maximum absolute atomic E-state index is 5.08. The molecule has 22 heavy (non-hydrogen) atoms. The smallest absolute Gasteiger partial charge is 0.114 e. The van der Waals surface area contributed by atoms with Crippen LogP contribution in [0.1, 0.15) is 42.1 Å². The highest BCUT2D eigenvalue weighted by Gasteiger charge is 2.28. The molecule has 1 fully saturated rings. The topological polar surface area (TPSA) is 29.9 Å². The Labute approximate surface area is 153 Å². The molecule has 0 saturated carbocycles.